The van der Waals surface area contributed by atoms with Gasteiger partial charge >= 0.3 is 5.97 Å². The molecule has 1 aromatic heterocycles. The first kappa shape index (κ1) is 20.9. The molecule has 1 fully saturated rings. The third-order valence-electron chi connectivity index (χ3n) is 5.39. The van der Waals surface area contributed by atoms with Gasteiger partial charge in [-0.2, -0.15) is 0 Å². The van der Waals surface area contributed by atoms with Gasteiger partial charge in [0.1, 0.15) is 0 Å². The summed E-state index contributed by atoms with van der Waals surface area (Å²) in [7, 11) is 0. The van der Waals surface area contributed by atoms with Gasteiger partial charge in [0.2, 0.25) is 0 Å². The zero-order valence-electron chi connectivity index (χ0n) is 17.1. The predicted octanol–water partition coefficient (Wildman–Crippen LogP) is 4.94. The van der Waals surface area contributed by atoms with Crippen LogP contribution in [0.1, 0.15) is 53.1 Å². The monoisotopic (exact) mass is 412 g/mol. The largest absolute Gasteiger partial charge is 0.478 e. The molecule has 0 unspecified atom stereocenters. The number of carboxylic acid groups (broad SMARTS) is 1. The number of carboxylic acids is 1. The van der Waals surface area contributed by atoms with Gasteiger partial charge in [-0.3, -0.25) is 14.5 Å². The van der Waals surface area contributed by atoms with E-state index in [9.17, 15) is 19.5 Å². The van der Waals surface area contributed by atoms with Crippen LogP contribution in [0.3, 0.4) is 0 Å². The molecule has 0 spiro atoms. The number of aryl methyl sites for hydroxylation is 1. The van der Waals surface area contributed by atoms with E-state index in [-0.39, 0.29) is 22.8 Å². The number of hydrogen-bond donors (Lipinski definition) is 1. The maximum absolute atomic E-state index is 12.7. The van der Waals surface area contributed by atoms with Crippen LogP contribution in [0, 0.1) is 20.8 Å². The van der Waals surface area contributed by atoms with Crippen molar-refractivity contribution in [3.63, 3.8) is 0 Å². The van der Waals surface area contributed by atoms with Crippen molar-refractivity contribution in [2.45, 2.75) is 47.1 Å². The van der Waals surface area contributed by atoms with Crippen LogP contribution in [-0.4, -0.2) is 37.7 Å². The first-order valence-corrected chi connectivity index (χ1v) is 10.3. The molecule has 7 heteroatoms. The number of carbonyl (C=O) groups is 3. The van der Waals surface area contributed by atoms with Crippen LogP contribution in [-0.2, 0) is 4.79 Å². The molecule has 1 aliphatic heterocycles. The van der Waals surface area contributed by atoms with Gasteiger partial charge in [-0.1, -0.05) is 13.0 Å². The first-order valence-electron chi connectivity index (χ1n) is 9.46. The van der Waals surface area contributed by atoms with Crippen molar-refractivity contribution in [3.05, 3.63) is 57.2 Å². The number of benzene rings is 1. The minimum Gasteiger partial charge on any atom is -0.478 e. The van der Waals surface area contributed by atoms with Crippen LogP contribution in [0.15, 0.2) is 29.2 Å². The van der Waals surface area contributed by atoms with Crippen LogP contribution in [0.5, 0.6) is 0 Å². The molecule has 1 N–H and O–H groups in total. The van der Waals surface area contributed by atoms with Gasteiger partial charge in [-0.15, -0.1) is 0 Å². The summed E-state index contributed by atoms with van der Waals surface area (Å²) < 4.78 is 1.98. The molecular weight excluding hydrogens is 388 g/mol. The number of amides is 2. The number of aromatic nitrogens is 1. The Bertz CT molecular complexity index is 1050. The van der Waals surface area contributed by atoms with Gasteiger partial charge in [0.05, 0.1) is 10.5 Å². The highest BCUT2D eigenvalue weighted by atomic mass is 32.2. The van der Waals surface area contributed by atoms with Crippen LogP contribution in [0.4, 0.5) is 4.79 Å². The van der Waals surface area contributed by atoms with Gasteiger partial charge in [-0.25, -0.2) is 4.79 Å². The third kappa shape index (κ3) is 3.62. The SMILES string of the molecule is CC[C@H](C)N1C(=O)S/C(=C/c2cc(C)n(-c3cccc(C(=O)O)c3C)c2C)C1=O. The molecule has 1 atom stereocenters. The van der Waals surface area contributed by atoms with Crippen molar-refractivity contribution in [1.29, 1.82) is 0 Å². The minimum absolute atomic E-state index is 0.137. The second kappa shape index (κ2) is 7.91. The molecular formula is C22H24N2O4S. The summed E-state index contributed by atoms with van der Waals surface area (Å²) in [6.45, 7) is 9.45. The van der Waals surface area contributed by atoms with Gasteiger partial charge < -0.3 is 9.67 Å². The Balaban J connectivity index is 2.05. The number of rotatable bonds is 5. The van der Waals surface area contributed by atoms with Crippen LogP contribution in [0.25, 0.3) is 11.8 Å². The maximum atomic E-state index is 12.7. The van der Waals surface area contributed by atoms with Crippen molar-refractivity contribution >= 4 is 35.0 Å². The highest BCUT2D eigenvalue weighted by Gasteiger charge is 2.37. The summed E-state index contributed by atoms with van der Waals surface area (Å²) in [6.07, 6.45) is 2.46. The Morgan fingerprint density at radius 2 is 1.93 bits per heavy atom. The number of imide groups is 1. The molecule has 0 aliphatic carbocycles. The number of aromatic carboxylic acids is 1. The molecule has 2 amide bonds. The van der Waals surface area contributed by atoms with Crippen molar-refractivity contribution in [2.75, 3.05) is 0 Å². The van der Waals surface area contributed by atoms with Crippen molar-refractivity contribution in [3.8, 4) is 5.69 Å². The number of thioether (sulfide) groups is 1. The van der Waals surface area contributed by atoms with E-state index in [1.165, 1.54) is 4.90 Å². The molecule has 1 saturated heterocycles. The highest BCUT2D eigenvalue weighted by Crippen LogP contribution is 2.35. The van der Waals surface area contributed by atoms with E-state index in [1.807, 2.05) is 44.4 Å². The Morgan fingerprint density at radius 3 is 2.55 bits per heavy atom. The molecule has 1 aromatic carbocycles. The van der Waals surface area contributed by atoms with Crippen molar-refractivity contribution < 1.29 is 19.5 Å². The average Bonchev–Trinajstić information content (AvgIpc) is 3.10. The molecule has 2 heterocycles. The number of carbonyl (C=O) groups excluding carboxylic acids is 2. The lowest BCUT2D eigenvalue weighted by Crippen LogP contribution is -2.36. The highest BCUT2D eigenvalue weighted by molar-refractivity contribution is 8.18. The van der Waals surface area contributed by atoms with E-state index < -0.39 is 5.97 Å². The lowest BCUT2D eigenvalue weighted by molar-refractivity contribution is -0.124. The summed E-state index contributed by atoms with van der Waals surface area (Å²) in [5.41, 5.74) is 4.34. The minimum atomic E-state index is -0.967. The summed E-state index contributed by atoms with van der Waals surface area (Å²) >= 11 is 0.961. The third-order valence-corrected chi connectivity index (χ3v) is 6.27. The molecule has 152 valence electrons. The van der Waals surface area contributed by atoms with E-state index in [2.05, 4.69) is 0 Å². The zero-order chi connectivity index (χ0) is 21.5. The second-order valence-electron chi connectivity index (χ2n) is 7.23. The molecule has 6 nitrogen and oxygen atoms in total. The smallest absolute Gasteiger partial charge is 0.336 e. The predicted molar refractivity (Wildman–Crippen MR) is 115 cm³/mol. The van der Waals surface area contributed by atoms with Gasteiger partial charge in [0, 0.05) is 23.1 Å². The molecule has 2 aromatic rings. The van der Waals surface area contributed by atoms with Gasteiger partial charge in [0.25, 0.3) is 11.1 Å². The van der Waals surface area contributed by atoms with E-state index in [1.54, 1.807) is 25.1 Å². The summed E-state index contributed by atoms with van der Waals surface area (Å²) in [6, 6.07) is 6.99. The number of nitrogens with zero attached hydrogens (tertiary/aromatic N) is 2. The maximum Gasteiger partial charge on any atom is 0.336 e. The van der Waals surface area contributed by atoms with E-state index in [4.69, 9.17) is 0 Å². The summed E-state index contributed by atoms with van der Waals surface area (Å²) in [5, 5.41) is 9.18. The van der Waals surface area contributed by atoms with Crippen molar-refractivity contribution in [1.82, 2.24) is 9.47 Å². The topological polar surface area (TPSA) is 79.6 Å². The quantitative estimate of drug-likeness (QED) is 0.704. The van der Waals surface area contributed by atoms with E-state index >= 15 is 0 Å². The number of hydrogen-bond acceptors (Lipinski definition) is 4. The Kier molecular flexibility index (Phi) is 5.71. The molecule has 0 saturated carbocycles. The second-order valence-corrected chi connectivity index (χ2v) is 8.22. The standard InChI is InChI=1S/C22H24N2O4S/c1-6-12(2)24-20(25)19(29-22(24)28)11-16-10-13(3)23(15(16)5)18-9-7-8-17(14(18)4)21(26)27/h7-12H,6H2,1-5H3,(H,26,27)/b19-11+/t12-/m0/s1. The van der Waals surface area contributed by atoms with Crippen LogP contribution < -0.4 is 0 Å². The Labute approximate surface area is 174 Å². The fraction of sp³-hybridized carbons (Fsp3) is 0.318. The first-order chi connectivity index (χ1) is 13.7. The van der Waals surface area contributed by atoms with Gasteiger partial charge in [-0.05, 0) is 81.3 Å². The Morgan fingerprint density at radius 1 is 1.24 bits per heavy atom. The molecule has 0 bridgehead atoms. The Hall–Kier alpha value is -2.80. The van der Waals surface area contributed by atoms with E-state index in [0.29, 0.717) is 16.9 Å². The fourth-order valence-electron chi connectivity index (χ4n) is 3.59. The normalized spacial score (nSPS) is 16.7. The summed E-state index contributed by atoms with van der Waals surface area (Å²) in [4.78, 5) is 38.2. The van der Waals surface area contributed by atoms with Crippen LogP contribution >= 0.6 is 11.8 Å². The molecule has 3 rings (SSSR count). The lowest BCUT2D eigenvalue weighted by atomic mass is 10.1. The van der Waals surface area contributed by atoms with Crippen LogP contribution in [0.2, 0.25) is 0 Å². The molecule has 1 aliphatic rings. The van der Waals surface area contributed by atoms with Gasteiger partial charge in [0.15, 0.2) is 0 Å². The summed E-state index contributed by atoms with van der Waals surface area (Å²) in [5.74, 6) is -1.23. The fourth-order valence-corrected chi connectivity index (χ4v) is 4.51. The lowest BCUT2D eigenvalue weighted by Gasteiger charge is -2.19. The molecule has 29 heavy (non-hydrogen) atoms. The average molecular weight is 413 g/mol. The van der Waals surface area contributed by atoms with Crippen molar-refractivity contribution in [2.24, 2.45) is 0 Å². The molecule has 0 radical (unpaired) electrons. The zero-order valence-corrected chi connectivity index (χ0v) is 18.0. The van der Waals surface area contributed by atoms with E-state index in [0.717, 1.165) is 34.4 Å².